The van der Waals surface area contributed by atoms with Gasteiger partial charge in [0.15, 0.2) is 0 Å². The van der Waals surface area contributed by atoms with E-state index in [-0.39, 0.29) is 24.8 Å². The van der Waals surface area contributed by atoms with Gasteiger partial charge >= 0.3 is 5.97 Å². The Morgan fingerprint density at radius 3 is 2.75 bits per heavy atom. The van der Waals surface area contributed by atoms with Gasteiger partial charge in [-0.2, -0.15) is 5.26 Å². The van der Waals surface area contributed by atoms with Crippen molar-refractivity contribution in [2.24, 2.45) is 0 Å². The van der Waals surface area contributed by atoms with Gasteiger partial charge in [-0.15, -0.1) is 0 Å². The Morgan fingerprint density at radius 1 is 1.38 bits per heavy atom. The molecule has 0 rings (SSSR count). The van der Waals surface area contributed by atoms with Gasteiger partial charge in [0.25, 0.3) is 0 Å². The molecule has 6 heteroatoms. The van der Waals surface area contributed by atoms with Crippen LogP contribution in [0.5, 0.6) is 0 Å². The second-order valence-corrected chi connectivity index (χ2v) is 2.99. The van der Waals surface area contributed by atoms with Crippen LogP contribution in [0.4, 0.5) is 0 Å². The quantitative estimate of drug-likeness (QED) is 0.433. The minimum atomic E-state index is -0.278. The molecule has 0 heterocycles. The number of nitrogens with zero attached hydrogens (tertiary/aromatic N) is 1. The molecule has 0 radical (unpaired) electrons. The van der Waals surface area contributed by atoms with Crippen LogP contribution in [0, 0.1) is 11.3 Å². The number of esters is 1. The van der Waals surface area contributed by atoms with E-state index >= 15 is 0 Å². The van der Waals surface area contributed by atoms with Crippen molar-refractivity contribution in [2.45, 2.75) is 19.8 Å². The molecule has 0 saturated heterocycles. The van der Waals surface area contributed by atoms with E-state index in [0.717, 1.165) is 0 Å². The van der Waals surface area contributed by atoms with E-state index in [1.54, 1.807) is 6.92 Å². The molecule has 0 atom stereocenters. The molecule has 0 aliphatic carbocycles. The number of amides is 1. The lowest BCUT2D eigenvalue weighted by Gasteiger charge is -2.05. The molecule has 2 N–H and O–H groups in total. The molecule has 0 aromatic rings. The number of ether oxygens (including phenoxy) is 1. The summed E-state index contributed by atoms with van der Waals surface area (Å²) in [4.78, 5) is 22.0. The van der Waals surface area contributed by atoms with E-state index in [9.17, 15) is 9.59 Å². The molecule has 0 spiro atoms. The zero-order valence-corrected chi connectivity index (χ0v) is 9.41. The summed E-state index contributed by atoms with van der Waals surface area (Å²) >= 11 is 0. The van der Waals surface area contributed by atoms with Crippen LogP contribution in [0.25, 0.3) is 0 Å². The fourth-order valence-electron chi connectivity index (χ4n) is 0.946. The largest absolute Gasteiger partial charge is 0.466 e. The summed E-state index contributed by atoms with van der Waals surface area (Å²) in [5, 5.41) is 13.6. The second kappa shape index (κ2) is 9.93. The fourth-order valence-corrected chi connectivity index (χ4v) is 0.946. The van der Waals surface area contributed by atoms with Gasteiger partial charge < -0.3 is 15.4 Å². The second-order valence-electron chi connectivity index (χ2n) is 2.99. The summed E-state index contributed by atoms with van der Waals surface area (Å²) < 4.78 is 4.71. The van der Waals surface area contributed by atoms with E-state index < -0.39 is 0 Å². The monoisotopic (exact) mass is 227 g/mol. The first-order valence-electron chi connectivity index (χ1n) is 5.20. The molecule has 6 nitrogen and oxygen atoms in total. The lowest BCUT2D eigenvalue weighted by Crippen LogP contribution is -2.35. The number of nitriles is 1. The Balaban J connectivity index is 3.34. The van der Waals surface area contributed by atoms with Crippen molar-refractivity contribution in [3.05, 3.63) is 0 Å². The van der Waals surface area contributed by atoms with E-state index in [4.69, 9.17) is 10.00 Å². The molecule has 0 aliphatic heterocycles. The van der Waals surface area contributed by atoms with Crippen LogP contribution in [0.3, 0.4) is 0 Å². The van der Waals surface area contributed by atoms with E-state index in [1.165, 1.54) is 0 Å². The minimum absolute atomic E-state index is 0.144. The van der Waals surface area contributed by atoms with Gasteiger partial charge in [0.05, 0.1) is 32.1 Å². The summed E-state index contributed by atoms with van der Waals surface area (Å²) in [6.07, 6.45) is 0.549. The summed E-state index contributed by atoms with van der Waals surface area (Å²) in [6.45, 7) is 3.02. The Labute approximate surface area is 95.0 Å². The zero-order valence-electron chi connectivity index (χ0n) is 9.41. The van der Waals surface area contributed by atoms with Gasteiger partial charge in [0.2, 0.25) is 5.91 Å². The molecule has 1 amide bonds. The van der Waals surface area contributed by atoms with Crippen molar-refractivity contribution in [1.82, 2.24) is 10.6 Å². The minimum Gasteiger partial charge on any atom is -0.466 e. The smallest absolute Gasteiger partial charge is 0.307 e. The maximum atomic E-state index is 11.1. The van der Waals surface area contributed by atoms with Gasteiger partial charge in [0, 0.05) is 13.1 Å². The lowest BCUT2D eigenvalue weighted by atomic mass is 10.4. The van der Waals surface area contributed by atoms with Crippen molar-refractivity contribution in [3.63, 3.8) is 0 Å². The third kappa shape index (κ3) is 8.97. The van der Waals surface area contributed by atoms with Crippen molar-refractivity contribution < 1.29 is 14.3 Å². The average Bonchev–Trinajstić information content (AvgIpc) is 2.25. The molecule has 0 saturated carbocycles. The SMILES string of the molecule is CCOC(=O)CCNCC(=O)NCCC#N. The molecule has 0 fully saturated rings. The summed E-state index contributed by atoms with van der Waals surface area (Å²) in [5.41, 5.74) is 0. The van der Waals surface area contributed by atoms with Gasteiger partial charge in [0.1, 0.15) is 0 Å². The van der Waals surface area contributed by atoms with Gasteiger partial charge in [-0.3, -0.25) is 9.59 Å². The molecule has 90 valence electrons. The first-order chi connectivity index (χ1) is 7.70. The van der Waals surface area contributed by atoms with Gasteiger partial charge in [-0.05, 0) is 6.92 Å². The normalized spacial score (nSPS) is 9.25. The third-order valence-electron chi connectivity index (χ3n) is 1.66. The predicted molar refractivity (Wildman–Crippen MR) is 57.4 cm³/mol. The highest BCUT2D eigenvalue weighted by Gasteiger charge is 2.02. The van der Waals surface area contributed by atoms with Crippen LogP contribution in [0.15, 0.2) is 0 Å². The summed E-state index contributed by atoms with van der Waals surface area (Å²) in [6, 6.07) is 1.92. The maximum Gasteiger partial charge on any atom is 0.307 e. The van der Waals surface area contributed by atoms with Crippen molar-refractivity contribution in [1.29, 1.82) is 5.26 Å². The van der Waals surface area contributed by atoms with E-state index in [0.29, 0.717) is 26.1 Å². The Morgan fingerprint density at radius 2 is 2.12 bits per heavy atom. The average molecular weight is 227 g/mol. The highest BCUT2D eigenvalue weighted by atomic mass is 16.5. The van der Waals surface area contributed by atoms with E-state index in [1.807, 2.05) is 6.07 Å². The van der Waals surface area contributed by atoms with Crippen LogP contribution < -0.4 is 10.6 Å². The number of carbonyl (C=O) groups excluding carboxylic acids is 2. The number of nitrogens with one attached hydrogen (secondary N) is 2. The Hall–Kier alpha value is -1.61. The Kier molecular flexibility index (Phi) is 8.93. The van der Waals surface area contributed by atoms with Crippen LogP contribution in [-0.2, 0) is 14.3 Å². The predicted octanol–water partition coefficient (Wildman–Crippen LogP) is -0.441. The molecular weight excluding hydrogens is 210 g/mol. The summed E-state index contributed by atoms with van der Waals surface area (Å²) in [7, 11) is 0. The molecule has 16 heavy (non-hydrogen) atoms. The van der Waals surface area contributed by atoms with Crippen LogP contribution in [0.2, 0.25) is 0 Å². The Bertz CT molecular complexity index is 261. The molecule has 0 aromatic carbocycles. The van der Waals surface area contributed by atoms with Crippen LogP contribution >= 0.6 is 0 Å². The molecular formula is C10H17N3O3. The number of hydrogen-bond acceptors (Lipinski definition) is 5. The first-order valence-corrected chi connectivity index (χ1v) is 5.20. The molecule has 0 aliphatic rings. The maximum absolute atomic E-state index is 11.1. The topological polar surface area (TPSA) is 91.2 Å². The third-order valence-corrected chi connectivity index (χ3v) is 1.66. The summed E-state index contributed by atoms with van der Waals surface area (Å²) in [5.74, 6) is -0.459. The van der Waals surface area contributed by atoms with Crippen molar-refractivity contribution in [3.8, 4) is 6.07 Å². The van der Waals surface area contributed by atoms with Crippen molar-refractivity contribution >= 4 is 11.9 Å². The number of rotatable bonds is 8. The number of hydrogen-bond donors (Lipinski definition) is 2. The van der Waals surface area contributed by atoms with E-state index in [2.05, 4.69) is 10.6 Å². The highest BCUT2D eigenvalue weighted by Crippen LogP contribution is 1.83. The molecule has 0 aromatic heterocycles. The lowest BCUT2D eigenvalue weighted by molar-refractivity contribution is -0.143. The fraction of sp³-hybridized carbons (Fsp3) is 0.700. The highest BCUT2D eigenvalue weighted by molar-refractivity contribution is 5.78. The van der Waals surface area contributed by atoms with Crippen LogP contribution in [-0.4, -0.2) is 38.1 Å². The van der Waals surface area contributed by atoms with Gasteiger partial charge in [-0.1, -0.05) is 0 Å². The molecule has 0 bridgehead atoms. The zero-order chi connectivity index (χ0) is 12.2. The first kappa shape index (κ1) is 14.4. The number of carbonyl (C=O) groups is 2. The standard InChI is InChI=1S/C10H17N3O3/c1-2-16-10(15)4-7-12-8-9(14)13-6-3-5-11/h12H,2-4,6-8H2,1H3,(H,13,14). The molecule has 0 unspecified atom stereocenters. The van der Waals surface area contributed by atoms with Gasteiger partial charge in [-0.25, -0.2) is 0 Å². The van der Waals surface area contributed by atoms with Crippen LogP contribution in [0.1, 0.15) is 19.8 Å². The van der Waals surface area contributed by atoms with Crippen molar-refractivity contribution in [2.75, 3.05) is 26.2 Å².